The zero-order valence-electron chi connectivity index (χ0n) is 120. The van der Waals surface area contributed by atoms with Crippen LogP contribution in [0.2, 0.25) is 0 Å². The smallest absolute Gasteiger partial charge is 0.870 e. The number of nitrogens with one attached hydrogen (secondary N) is 2. The number of methoxy groups -OCH3 is 2. The third kappa shape index (κ3) is 26.6. The molecule has 12 rings (SSSR count). The van der Waals surface area contributed by atoms with Gasteiger partial charge in [-0.1, -0.05) is 119 Å². The number of aryl methyl sites for hydroxylation is 4. The second-order valence-corrected chi connectivity index (χ2v) is 34.9. The quantitative estimate of drug-likeness (QED) is 0.0225. The molecule has 0 bridgehead atoms. The van der Waals surface area contributed by atoms with Crippen molar-refractivity contribution in [2.45, 2.75) is 98.4 Å². The second kappa shape index (κ2) is 40.5. The van der Waals surface area contributed by atoms with E-state index in [1.807, 2.05) is 32.4 Å². The molecule has 0 fully saturated rings. The van der Waals surface area contributed by atoms with Gasteiger partial charge in [0.05, 0.1) is 79.3 Å². The number of aliphatic carboxylic acids is 1. The Kier molecular flexibility index (Phi) is 22.0. The third-order valence-electron chi connectivity index (χ3n) is 17.4. The summed E-state index contributed by atoms with van der Waals surface area (Å²) in [5, 5.41) is 28.3. The standard InChI is InChI=1S/C25H26F3N3O6S.C20H18F3N3O4S.C19H16F3N3O4S.C17H14F3N3O2S.Li.H2O.28H2/c1-16-6-8-17(9-7-16)20-14-21(25(26,27)28)29-31(20)18-10-12-19(13-11-18)38(34,35)30(15-22(32)36-5)23(33)37-24(2,3)4;1-13-3-5-14(6-4-13)17-11-18(20(21,22)23)25-26(17)15-7-9-16(10-8-15)31(28,29)24-12-19(27)30-2;1-12-2-4-13(5-3-12)16-10-17(19(20,21)22)24-25(16)14-6-8-15(9-7-14)30(28,29)23-11-18(26)27;1-11-2-4-12(5-3-11)15-10-16(17(18,19)20)22-23(15)13-6-8-14(9-7-13)26(21,24)25;;;;;;;;;;;;;;;;;;;;;;;;;;;;;;/h6-14H,15H2,1-5H3;3-11,24H,12H2,1-2H3;2-10,23H,11H2,1H3,(H,26,27);2-10H,1H3,(H2,21,24,25);;1H2;28*1H/q;;;;+1;;;;;;;;;;;;;;;;;;;;;;;;;;;;;/p-1/i;;;;;;26*1+1D;2*1+1. The second-order valence-electron chi connectivity index (χ2n) is 28.0. The number of benzene rings is 8. The van der Waals surface area contributed by atoms with Crippen LogP contribution in [0.15, 0.2) is 238 Å². The van der Waals surface area contributed by atoms with Gasteiger partial charge in [-0.25, -0.2) is 62.3 Å². The minimum atomic E-state index is -4.71. The van der Waals surface area contributed by atoms with Gasteiger partial charge in [0.25, 0.3) is 10.0 Å². The molecule has 0 saturated heterocycles. The molecule has 0 unspecified atom stereocenters. The maximum absolute atomic E-state index is 13.5. The summed E-state index contributed by atoms with van der Waals surface area (Å²) in [6, 6.07) is 51.0. The van der Waals surface area contributed by atoms with Crippen molar-refractivity contribution in [1.82, 2.24) is 52.9 Å². The number of hydrogen-bond acceptors (Lipinski definition) is 20. The Labute approximate surface area is 813 Å². The van der Waals surface area contributed by atoms with E-state index in [4.69, 9.17) is 92.2 Å². The number of primary sulfonamides is 1. The number of alkyl halides is 12. The van der Waals surface area contributed by atoms with Crippen LogP contribution in [0.25, 0.3) is 67.8 Å². The molecule has 0 saturated carbocycles. The first kappa shape index (κ1) is 68.9. The van der Waals surface area contributed by atoms with Crippen LogP contribution < -0.4 is 33.4 Å². The van der Waals surface area contributed by atoms with Gasteiger partial charge in [0, 0.05) is 102 Å². The normalized spacial score (nSPS) is 13.6. The number of hydrogen-bond donors (Lipinski definition) is 4. The Hall–Kier alpha value is -12.3. The summed E-state index contributed by atoms with van der Waals surface area (Å²) in [5.41, 5.74) is 2.01. The van der Waals surface area contributed by atoms with Crippen LogP contribution in [0, 0.1) is 27.7 Å². The third-order valence-corrected chi connectivity index (χ3v) is 22.9. The number of nitrogens with zero attached hydrogens (tertiary/aromatic N) is 9. The minimum Gasteiger partial charge on any atom is -0.870 e. The molecule has 0 radical (unpaired) electrons. The van der Waals surface area contributed by atoms with E-state index in [2.05, 4.69) is 34.6 Å². The average molecular weight is 1960 g/mol. The van der Waals surface area contributed by atoms with Crippen molar-refractivity contribution in [2.75, 3.05) is 33.9 Å². The average Bonchev–Trinajstić information content (AvgIpc) is 1.65. The first-order valence-corrected chi connectivity index (χ1v) is 42.0. The number of rotatable bonds is 21. The topological polar surface area (TPSA) is 407 Å². The van der Waals surface area contributed by atoms with Crippen LogP contribution in [0.3, 0.4) is 0 Å². The van der Waals surface area contributed by atoms with E-state index in [0.717, 1.165) is 104 Å². The summed E-state index contributed by atoms with van der Waals surface area (Å²) in [6.07, 6.45) is -19.9. The Morgan fingerprint density at radius 2 is 0.654 bits per heavy atom. The summed E-state index contributed by atoms with van der Waals surface area (Å²) in [7, 11) is -14.4. The molecule has 0 atom stereocenters. The van der Waals surface area contributed by atoms with Gasteiger partial charge in [0.15, 0.2) is 22.8 Å². The molecular formula is C81H131F12LiN12O17S4. The van der Waals surface area contributed by atoms with Gasteiger partial charge in [0.1, 0.15) is 25.2 Å². The van der Waals surface area contributed by atoms with E-state index in [9.17, 15) is 106 Å². The number of carboxylic acid groups (broad SMARTS) is 1. The summed E-state index contributed by atoms with van der Waals surface area (Å²) < 4.78 is 540. The van der Waals surface area contributed by atoms with E-state index in [1.165, 1.54) is 93.6 Å². The Balaban J connectivity index is -0.0000000825. The number of carboxylic acids is 1. The molecule has 0 aliphatic carbocycles. The molecule has 127 heavy (non-hydrogen) atoms. The Morgan fingerprint density at radius 1 is 0.409 bits per heavy atom. The van der Waals surface area contributed by atoms with Crippen molar-refractivity contribution >= 4 is 64.1 Å². The van der Waals surface area contributed by atoms with E-state index < -0.39 is 142 Å². The van der Waals surface area contributed by atoms with E-state index in [-0.39, 0.29) is 91.7 Å². The number of aromatic nitrogens is 8. The predicted octanol–water partition coefficient (Wildman–Crippen LogP) is 18.7. The zero-order chi connectivity index (χ0) is 144. The summed E-state index contributed by atoms with van der Waals surface area (Å²) in [5.74, 6) is -3.12. The summed E-state index contributed by atoms with van der Waals surface area (Å²) >= 11 is 0. The van der Waals surface area contributed by atoms with Gasteiger partial charge >= 0.3 is 67.6 Å². The molecule has 46 heteroatoms. The van der Waals surface area contributed by atoms with Crippen LogP contribution in [-0.2, 0) is 93.4 Å². The molecule has 29 nitrogen and oxygen atoms in total. The Bertz CT molecular complexity index is 6540. The van der Waals surface area contributed by atoms with E-state index in [0.29, 0.717) is 22.3 Å². The molecule has 0 spiro atoms. The largest absolute Gasteiger partial charge is 1.00 e. The fraction of sp³-hybridized carbons (Fsp3) is 0.210. The number of carbonyl (C=O) groups is 4. The fourth-order valence-corrected chi connectivity index (χ4v) is 14.8. The van der Waals surface area contributed by atoms with Gasteiger partial charge < -0.3 is 24.8 Å². The maximum atomic E-state index is 13.5. The van der Waals surface area contributed by atoms with Gasteiger partial charge in [-0.2, -0.15) is 86.8 Å². The van der Waals surface area contributed by atoms with E-state index in [1.54, 1.807) is 97.1 Å². The minimum absolute atomic E-state index is 0. The predicted molar refractivity (Wildman–Crippen MR) is 490 cm³/mol. The molecule has 6 N–H and O–H groups in total. The van der Waals surface area contributed by atoms with Crippen LogP contribution in [0.1, 0.15) is 146 Å². The van der Waals surface area contributed by atoms with Crippen molar-refractivity contribution in [3.05, 3.63) is 263 Å². The number of halogens is 12. The van der Waals surface area contributed by atoms with Crippen LogP contribution in [0.5, 0.6) is 0 Å². The van der Waals surface area contributed by atoms with Crippen molar-refractivity contribution < 1.29 is 229 Å². The zero-order valence-corrected chi connectivity index (χ0v) is 71.5. The first-order valence-electron chi connectivity index (χ1n) is 62.1. The van der Waals surface area contributed by atoms with E-state index >= 15 is 0 Å². The van der Waals surface area contributed by atoms with Crippen molar-refractivity contribution in [1.29, 1.82) is 0 Å². The molecule has 0 aliphatic heterocycles. The molecule has 1 amide bonds. The Morgan fingerprint density at radius 3 is 0.882 bits per heavy atom. The fourth-order valence-electron chi connectivity index (χ4n) is 11.1. The molecule has 4 aromatic heterocycles. The molecular weight excluding hydrogens is 1780 g/mol. The maximum Gasteiger partial charge on any atom is 1.00 e. The number of ether oxygens (including phenoxy) is 3. The summed E-state index contributed by atoms with van der Waals surface area (Å²) in [4.78, 5) is 45.3. The van der Waals surface area contributed by atoms with Crippen LogP contribution >= 0.6 is 0 Å². The molecule has 12 aromatic rings. The number of nitrogens with two attached hydrogens (primary N) is 1. The van der Waals surface area contributed by atoms with Gasteiger partial charge in [0.2, 0.25) is 30.1 Å². The molecule has 726 valence electrons. The number of sulfonamides is 4. The molecule has 4 heterocycles. The van der Waals surface area contributed by atoms with Crippen molar-refractivity contribution in [3.63, 3.8) is 0 Å². The van der Waals surface area contributed by atoms with Crippen LogP contribution in [-0.4, -0.2) is 151 Å². The van der Waals surface area contributed by atoms with Crippen molar-refractivity contribution in [3.8, 4) is 67.8 Å². The van der Waals surface area contributed by atoms with Gasteiger partial charge in [-0.3, -0.25) is 14.4 Å². The van der Waals surface area contributed by atoms with Gasteiger partial charge in [-0.15, -0.1) is 0 Å². The number of amides is 1. The first-order chi connectivity index (χ1) is 84.1. The van der Waals surface area contributed by atoms with Crippen molar-refractivity contribution in [2.24, 2.45) is 5.14 Å². The molecule has 8 aromatic carbocycles. The SMILES string of the molecule is COC(=O)CN(C(=O)OC(C)(C)C)S(=O)(=O)c1ccc(-n2nc(C(F)(F)F)cc2-c2ccc(C)cc2)cc1.COC(=O)CNS(=O)(=O)c1ccc(-n2nc(C(F)(F)F)cc2-c2ccc(C)cc2)cc1.Cc1ccc(-c2cc(C(F)(F)F)nn2-c2ccc(S(=O)(=O)NCC(=O)O)cc2)cc1.Cc1ccc(-c2cc(C(F)(F)F)nn2-c2ccc(S(N)(=O)=O)cc2)cc1.[2HH].[2HH].[2H][2H].[2H][2H].[2H][2H].[2H][2H].[2H][2H].[2H][2H].[2H][2H].[2H][2H].[2H][2H].[2H][2H].[2H][2H].[2H][2H].[2H][2H].[2H][2H].[2H][2H].[2H][2H].[2H][2H].[2H][2H].[2H][2H].[2H][2H].[2H][2H].[2H][2H].[2H][2H].[2H][2H].[2H][2H].[2H][2H].[Li+].[OH-]. The molecule has 0 aliphatic rings. The number of esters is 2. The van der Waals surface area contributed by atoms with Crippen LogP contribution in [0.4, 0.5) is 57.5 Å². The van der Waals surface area contributed by atoms with Gasteiger partial charge in [-0.05, 0) is 170 Å². The monoisotopic (exact) mass is 1960 g/mol. The number of carbonyl (C=O) groups excluding carboxylic acids is 3. The summed E-state index contributed by atoms with van der Waals surface area (Å²) in [6.45, 7) is 9.68.